The average Bonchev–Trinajstić information content (AvgIpc) is 3.11. The number of aliphatic hydroxyl groups excluding tert-OH is 1. The second kappa shape index (κ2) is 5.56. The highest BCUT2D eigenvalue weighted by Gasteiger charge is 2.74. The molecule has 4 rings (SSSR count). The van der Waals surface area contributed by atoms with Crippen LogP contribution < -0.4 is 5.32 Å². The molecule has 0 saturated carbocycles. The SMILES string of the molecule is CO[C@]12O[C@H]([C@H](Nc3cccc(Cl)c3)[C@@H]1CO)[C@H]1OC(C)(C)O[C@H]12. The Balaban J connectivity index is 1.67. The number of ether oxygens (including phenoxy) is 4. The summed E-state index contributed by atoms with van der Waals surface area (Å²) in [4.78, 5) is 0. The zero-order valence-electron chi connectivity index (χ0n) is 13.9. The van der Waals surface area contributed by atoms with Gasteiger partial charge in [-0.1, -0.05) is 17.7 Å². The van der Waals surface area contributed by atoms with E-state index in [1.165, 1.54) is 0 Å². The summed E-state index contributed by atoms with van der Waals surface area (Å²) in [5.74, 6) is -2.01. The summed E-state index contributed by atoms with van der Waals surface area (Å²) in [5.41, 5.74) is 0.864. The van der Waals surface area contributed by atoms with Gasteiger partial charge in [0.25, 0.3) is 0 Å². The Bertz CT molecular complexity index is 641. The van der Waals surface area contributed by atoms with Gasteiger partial charge in [0.05, 0.1) is 18.6 Å². The van der Waals surface area contributed by atoms with Gasteiger partial charge in [-0.15, -0.1) is 0 Å². The minimum absolute atomic E-state index is 0.0877. The molecule has 0 unspecified atom stereocenters. The lowest BCUT2D eigenvalue weighted by Crippen LogP contribution is -2.59. The summed E-state index contributed by atoms with van der Waals surface area (Å²) < 4.78 is 24.0. The largest absolute Gasteiger partial charge is 0.396 e. The molecule has 7 heteroatoms. The average molecular weight is 356 g/mol. The van der Waals surface area contributed by atoms with E-state index < -0.39 is 11.6 Å². The molecule has 3 aliphatic rings. The fourth-order valence-corrected chi connectivity index (χ4v) is 4.44. The number of hydrogen-bond acceptors (Lipinski definition) is 6. The summed E-state index contributed by atoms with van der Waals surface area (Å²) >= 11 is 6.07. The van der Waals surface area contributed by atoms with E-state index >= 15 is 0 Å². The highest BCUT2D eigenvalue weighted by molar-refractivity contribution is 6.30. The van der Waals surface area contributed by atoms with Crippen LogP contribution in [0.5, 0.6) is 0 Å². The van der Waals surface area contributed by atoms with Crippen molar-refractivity contribution in [3.05, 3.63) is 29.3 Å². The molecule has 3 saturated heterocycles. The van der Waals surface area contributed by atoms with Gasteiger partial charge in [0.15, 0.2) is 5.79 Å². The van der Waals surface area contributed by atoms with E-state index in [0.29, 0.717) is 5.02 Å². The van der Waals surface area contributed by atoms with Crippen molar-refractivity contribution in [2.24, 2.45) is 5.92 Å². The third kappa shape index (κ3) is 2.29. The molecule has 0 spiro atoms. The molecule has 0 amide bonds. The van der Waals surface area contributed by atoms with Gasteiger partial charge in [0, 0.05) is 17.8 Å². The Morgan fingerprint density at radius 1 is 1.25 bits per heavy atom. The van der Waals surface area contributed by atoms with Crippen LogP contribution in [0.25, 0.3) is 0 Å². The monoisotopic (exact) mass is 355 g/mol. The zero-order chi connectivity index (χ0) is 17.1. The molecule has 0 radical (unpaired) electrons. The maximum Gasteiger partial charge on any atom is 0.204 e. The molecule has 0 aliphatic carbocycles. The zero-order valence-corrected chi connectivity index (χ0v) is 14.6. The van der Waals surface area contributed by atoms with Crippen LogP contribution >= 0.6 is 11.6 Å². The van der Waals surface area contributed by atoms with E-state index in [1.807, 2.05) is 38.1 Å². The fraction of sp³-hybridized carbons (Fsp3) is 0.647. The predicted octanol–water partition coefficient (Wildman–Crippen LogP) is 2.00. The Labute approximate surface area is 146 Å². The smallest absolute Gasteiger partial charge is 0.204 e. The van der Waals surface area contributed by atoms with Gasteiger partial charge in [0.2, 0.25) is 5.79 Å². The predicted molar refractivity (Wildman–Crippen MR) is 87.9 cm³/mol. The van der Waals surface area contributed by atoms with E-state index in [9.17, 15) is 5.11 Å². The van der Waals surface area contributed by atoms with Crippen molar-refractivity contribution in [3.63, 3.8) is 0 Å². The van der Waals surface area contributed by atoms with Gasteiger partial charge in [-0.2, -0.15) is 0 Å². The highest BCUT2D eigenvalue weighted by Crippen LogP contribution is 2.55. The first-order valence-corrected chi connectivity index (χ1v) is 8.49. The van der Waals surface area contributed by atoms with Gasteiger partial charge in [-0.25, -0.2) is 0 Å². The molecular weight excluding hydrogens is 334 g/mol. The molecule has 24 heavy (non-hydrogen) atoms. The maximum atomic E-state index is 10.0. The van der Waals surface area contributed by atoms with E-state index in [0.717, 1.165) is 5.69 Å². The third-order valence-electron chi connectivity index (χ3n) is 5.15. The molecule has 1 aromatic rings. The van der Waals surface area contributed by atoms with Crippen molar-refractivity contribution < 1.29 is 24.1 Å². The summed E-state index contributed by atoms with van der Waals surface area (Å²) in [7, 11) is 1.58. The molecule has 3 aliphatic heterocycles. The molecule has 2 bridgehead atoms. The molecule has 0 aromatic heterocycles. The lowest BCUT2D eigenvalue weighted by Gasteiger charge is -2.39. The number of halogens is 1. The normalized spacial score (nSPS) is 42.3. The Kier molecular flexibility index (Phi) is 3.84. The second-order valence-electron chi connectivity index (χ2n) is 7.00. The quantitative estimate of drug-likeness (QED) is 0.861. The van der Waals surface area contributed by atoms with Crippen LogP contribution in [-0.4, -0.2) is 54.8 Å². The number of hydrogen-bond donors (Lipinski definition) is 2. The van der Waals surface area contributed by atoms with Crippen LogP contribution in [0.15, 0.2) is 24.3 Å². The van der Waals surface area contributed by atoms with Crippen LogP contribution in [0.1, 0.15) is 13.8 Å². The van der Waals surface area contributed by atoms with Gasteiger partial charge >= 0.3 is 0 Å². The van der Waals surface area contributed by atoms with Gasteiger partial charge in [-0.3, -0.25) is 0 Å². The Hall–Kier alpha value is -0.890. The highest BCUT2D eigenvalue weighted by atomic mass is 35.5. The molecule has 3 heterocycles. The van der Waals surface area contributed by atoms with Crippen LogP contribution in [0.4, 0.5) is 5.69 Å². The Morgan fingerprint density at radius 3 is 2.71 bits per heavy atom. The molecule has 6 nitrogen and oxygen atoms in total. The number of anilines is 1. The van der Waals surface area contributed by atoms with Crippen molar-refractivity contribution >= 4 is 17.3 Å². The molecular formula is C17H22ClNO5. The number of methoxy groups -OCH3 is 1. The molecule has 1 aromatic carbocycles. The number of fused-ring (bicyclic) bond motifs is 5. The molecule has 2 N–H and O–H groups in total. The molecule has 6 atom stereocenters. The van der Waals surface area contributed by atoms with Crippen molar-refractivity contribution in [1.29, 1.82) is 0 Å². The van der Waals surface area contributed by atoms with Crippen LogP contribution in [0.2, 0.25) is 5.02 Å². The van der Waals surface area contributed by atoms with Crippen molar-refractivity contribution in [2.75, 3.05) is 19.0 Å². The lowest BCUT2D eigenvalue weighted by atomic mass is 9.78. The Morgan fingerprint density at radius 2 is 2.04 bits per heavy atom. The summed E-state index contributed by atoms with van der Waals surface area (Å²) in [5, 5.41) is 14.1. The number of rotatable bonds is 4. The van der Waals surface area contributed by atoms with Gasteiger partial charge in [0.1, 0.15) is 18.3 Å². The lowest BCUT2D eigenvalue weighted by molar-refractivity contribution is -0.278. The van der Waals surface area contributed by atoms with Crippen molar-refractivity contribution in [2.45, 2.75) is 49.8 Å². The van der Waals surface area contributed by atoms with Crippen LogP contribution in [0.3, 0.4) is 0 Å². The maximum absolute atomic E-state index is 10.0. The summed E-state index contributed by atoms with van der Waals surface area (Å²) in [6, 6.07) is 7.29. The number of aliphatic hydroxyl groups is 1. The number of benzene rings is 1. The minimum atomic E-state index is -1.02. The first kappa shape index (κ1) is 16.6. The topological polar surface area (TPSA) is 69.2 Å². The first-order chi connectivity index (χ1) is 11.4. The standard InChI is InChI=1S/C17H22ClNO5/c1-16(2)22-14-13-12(19-10-6-4-5-9(18)7-10)11(8-20)17(21-3,23-13)15(14)24-16/h4-7,11-15,19-20H,8H2,1-3H3/t11-,12+,13+,14+,15+,17-/m0/s1. The van der Waals surface area contributed by atoms with Crippen LogP contribution in [0, 0.1) is 5.92 Å². The van der Waals surface area contributed by atoms with Crippen molar-refractivity contribution in [1.82, 2.24) is 0 Å². The van der Waals surface area contributed by atoms with Crippen molar-refractivity contribution in [3.8, 4) is 0 Å². The second-order valence-corrected chi connectivity index (χ2v) is 7.43. The summed E-state index contributed by atoms with van der Waals surface area (Å²) in [6.45, 7) is 3.67. The van der Waals surface area contributed by atoms with E-state index in [1.54, 1.807) is 7.11 Å². The van der Waals surface area contributed by atoms with E-state index in [-0.39, 0.29) is 36.9 Å². The van der Waals surface area contributed by atoms with Gasteiger partial charge in [-0.05, 0) is 32.0 Å². The first-order valence-electron chi connectivity index (χ1n) is 8.12. The van der Waals surface area contributed by atoms with Gasteiger partial charge < -0.3 is 29.4 Å². The fourth-order valence-electron chi connectivity index (χ4n) is 4.25. The third-order valence-corrected chi connectivity index (χ3v) is 5.38. The van der Waals surface area contributed by atoms with Crippen LogP contribution in [-0.2, 0) is 18.9 Å². The minimum Gasteiger partial charge on any atom is -0.396 e. The molecule has 132 valence electrons. The molecule has 3 fully saturated rings. The van der Waals surface area contributed by atoms with E-state index in [2.05, 4.69) is 5.32 Å². The van der Waals surface area contributed by atoms with E-state index in [4.69, 9.17) is 30.5 Å². The number of nitrogens with one attached hydrogen (secondary N) is 1. The summed E-state index contributed by atoms with van der Waals surface area (Å²) in [6.07, 6.45) is -0.899.